The Labute approximate surface area is 123 Å². The summed E-state index contributed by atoms with van der Waals surface area (Å²) >= 11 is 0. The summed E-state index contributed by atoms with van der Waals surface area (Å²) in [4.78, 5) is 16.1. The summed E-state index contributed by atoms with van der Waals surface area (Å²) in [7, 11) is 0. The van der Waals surface area contributed by atoms with Crippen molar-refractivity contribution in [1.29, 1.82) is 0 Å². The van der Waals surface area contributed by atoms with Gasteiger partial charge in [-0.1, -0.05) is 0 Å². The molecular formula is C15H19FN4O. The van der Waals surface area contributed by atoms with Crippen LogP contribution in [0.1, 0.15) is 24.2 Å². The first-order chi connectivity index (χ1) is 9.97. The zero-order valence-electron chi connectivity index (χ0n) is 12.2. The van der Waals surface area contributed by atoms with Crippen LogP contribution in [-0.2, 0) is 11.3 Å². The number of hydrogen-bond donors (Lipinski definition) is 2. The molecule has 0 aliphatic heterocycles. The van der Waals surface area contributed by atoms with E-state index in [1.807, 2.05) is 18.4 Å². The van der Waals surface area contributed by atoms with Crippen molar-refractivity contribution in [2.45, 2.75) is 33.2 Å². The summed E-state index contributed by atoms with van der Waals surface area (Å²) in [6, 6.07) is 3.92. The number of imidazole rings is 1. The van der Waals surface area contributed by atoms with E-state index in [1.165, 1.54) is 18.2 Å². The van der Waals surface area contributed by atoms with Gasteiger partial charge in [-0.2, -0.15) is 0 Å². The van der Waals surface area contributed by atoms with Crippen LogP contribution in [0.25, 0.3) is 0 Å². The average Bonchev–Trinajstić information content (AvgIpc) is 2.74. The highest BCUT2D eigenvalue weighted by atomic mass is 19.1. The molecule has 3 N–H and O–H groups in total. The highest BCUT2D eigenvalue weighted by Gasteiger charge is 2.07. The summed E-state index contributed by atoms with van der Waals surface area (Å²) in [5.41, 5.74) is 8.42. The molecule has 1 amide bonds. The number of nitrogen functional groups attached to an aromatic ring is 1. The predicted octanol–water partition coefficient (Wildman–Crippen LogP) is 2.64. The number of nitrogens with two attached hydrogens (primary N) is 1. The van der Waals surface area contributed by atoms with Crippen LogP contribution < -0.4 is 11.1 Å². The second-order valence-corrected chi connectivity index (χ2v) is 4.99. The number of aryl methyl sites for hydroxylation is 2. The highest BCUT2D eigenvalue weighted by molar-refractivity contribution is 5.93. The molecular weight excluding hydrogens is 271 g/mol. The van der Waals surface area contributed by atoms with Crippen LogP contribution in [0.4, 0.5) is 15.8 Å². The Balaban J connectivity index is 1.84. The lowest BCUT2D eigenvalue weighted by Crippen LogP contribution is -2.13. The predicted molar refractivity (Wildman–Crippen MR) is 80.4 cm³/mol. The van der Waals surface area contributed by atoms with E-state index in [4.69, 9.17) is 5.73 Å². The molecule has 2 rings (SSSR count). The van der Waals surface area contributed by atoms with Crippen molar-refractivity contribution in [3.63, 3.8) is 0 Å². The molecule has 2 aromatic rings. The van der Waals surface area contributed by atoms with Gasteiger partial charge in [0, 0.05) is 18.7 Å². The molecule has 0 fully saturated rings. The van der Waals surface area contributed by atoms with Crippen molar-refractivity contribution >= 4 is 17.3 Å². The molecule has 0 saturated heterocycles. The Hall–Kier alpha value is -2.37. The number of nitrogens with one attached hydrogen (secondary N) is 1. The number of nitrogens with zero attached hydrogens (tertiary/aromatic N) is 2. The van der Waals surface area contributed by atoms with Gasteiger partial charge in [0.2, 0.25) is 5.91 Å². The largest absolute Gasteiger partial charge is 0.397 e. The Morgan fingerprint density at radius 2 is 2.19 bits per heavy atom. The summed E-state index contributed by atoms with van der Waals surface area (Å²) in [5.74, 6) is -0.556. The lowest BCUT2D eigenvalue weighted by Gasteiger charge is -2.09. The Bertz CT molecular complexity index is 651. The van der Waals surface area contributed by atoms with E-state index in [1.54, 1.807) is 6.33 Å². The quantitative estimate of drug-likeness (QED) is 0.831. The maximum absolute atomic E-state index is 12.9. The molecule has 0 radical (unpaired) electrons. The fraction of sp³-hybridized carbons (Fsp3) is 0.333. The highest BCUT2D eigenvalue weighted by Crippen LogP contribution is 2.19. The number of carbonyl (C=O) groups excluding carboxylic acids is 1. The Morgan fingerprint density at radius 1 is 1.43 bits per heavy atom. The molecule has 0 unspecified atom stereocenters. The minimum Gasteiger partial charge on any atom is -0.397 e. The number of benzene rings is 1. The molecule has 0 aliphatic rings. The fourth-order valence-electron chi connectivity index (χ4n) is 2.04. The van der Waals surface area contributed by atoms with Crippen molar-refractivity contribution in [2.75, 3.05) is 11.1 Å². The third kappa shape index (κ3) is 3.81. The summed E-state index contributed by atoms with van der Waals surface area (Å²) in [6.07, 6.45) is 2.84. The minimum atomic E-state index is -0.420. The lowest BCUT2D eigenvalue weighted by molar-refractivity contribution is -0.116. The van der Waals surface area contributed by atoms with Crippen LogP contribution >= 0.6 is 0 Å². The van der Waals surface area contributed by atoms with Crippen LogP contribution in [0, 0.1) is 19.7 Å². The van der Waals surface area contributed by atoms with E-state index in [9.17, 15) is 9.18 Å². The number of aromatic nitrogens is 2. The number of anilines is 2. The molecule has 1 aromatic carbocycles. The van der Waals surface area contributed by atoms with Gasteiger partial charge < -0.3 is 15.6 Å². The van der Waals surface area contributed by atoms with Crippen LogP contribution in [0.15, 0.2) is 24.5 Å². The number of hydrogen-bond acceptors (Lipinski definition) is 3. The molecule has 112 valence electrons. The topological polar surface area (TPSA) is 72.9 Å². The van der Waals surface area contributed by atoms with E-state index >= 15 is 0 Å². The van der Waals surface area contributed by atoms with Gasteiger partial charge in [0.15, 0.2) is 0 Å². The number of rotatable bonds is 5. The molecule has 1 heterocycles. The molecule has 6 heteroatoms. The van der Waals surface area contributed by atoms with E-state index < -0.39 is 5.82 Å². The van der Waals surface area contributed by atoms with Gasteiger partial charge in [0.25, 0.3) is 0 Å². The normalized spacial score (nSPS) is 10.6. The summed E-state index contributed by atoms with van der Waals surface area (Å²) in [5, 5.41) is 2.69. The molecule has 0 spiro atoms. The van der Waals surface area contributed by atoms with Crippen LogP contribution in [-0.4, -0.2) is 15.5 Å². The molecule has 0 saturated carbocycles. The fourth-order valence-corrected chi connectivity index (χ4v) is 2.04. The van der Waals surface area contributed by atoms with Gasteiger partial charge in [-0.25, -0.2) is 9.37 Å². The van der Waals surface area contributed by atoms with Crippen molar-refractivity contribution in [3.8, 4) is 0 Å². The minimum absolute atomic E-state index is 0.136. The Kier molecular flexibility index (Phi) is 4.57. The first-order valence-corrected chi connectivity index (χ1v) is 6.80. The maximum Gasteiger partial charge on any atom is 0.224 e. The van der Waals surface area contributed by atoms with Crippen molar-refractivity contribution in [1.82, 2.24) is 9.55 Å². The zero-order valence-corrected chi connectivity index (χ0v) is 12.2. The van der Waals surface area contributed by atoms with E-state index in [2.05, 4.69) is 10.3 Å². The molecule has 0 aliphatic carbocycles. The van der Waals surface area contributed by atoms with Crippen molar-refractivity contribution in [2.24, 2.45) is 0 Å². The van der Waals surface area contributed by atoms with Crippen LogP contribution in [0.2, 0.25) is 0 Å². The summed E-state index contributed by atoms with van der Waals surface area (Å²) < 4.78 is 14.9. The van der Waals surface area contributed by atoms with Crippen molar-refractivity contribution < 1.29 is 9.18 Å². The third-order valence-corrected chi connectivity index (χ3v) is 3.44. The first kappa shape index (κ1) is 15.0. The first-order valence-electron chi connectivity index (χ1n) is 6.80. The van der Waals surface area contributed by atoms with Gasteiger partial charge in [-0.05, 0) is 38.5 Å². The molecule has 21 heavy (non-hydrogen) atoms. The molecule has 5 nitrogen and oxygen atoms in total. The number of halogens is 1. The second kappa shape index (κ2) is 6.39. The SMILES string of the molecule is Cc1ncn(CCCC(=O)Nc2ccc(F)cc2N)c1C. The van der Waals surface area contributed by atoms with E-state index in [0.29, 0.717) is 18.5 Å². The molecule has 0 atom stereocenters. The van der Waals surface area contributed by atoms with Crippen LogP contribution in [0.5, 0.6) is 0 Å². The van der Waals surface area contributed by atoms with Crippen LogP contribution in [0.3, 0.4) is 0 Å². The van der Waals surface area contributed by atoms with Gasteiger partial charge in [0.1, 0.15) is 5.82 Å². The van der Waals surface area contributed by atoms with Gasteiger partial charge >= 0.3 is 0 Å². The second-order valence-electron chi connectivity index (χ2n) is 4.99. The van der Waals surface area contributed by atoms with Crippen molar-refractivity contribution in [3.05, 3.63) is 41.7 Å². The van der Waals surface area contributed by atoms with E-state index in [-0.39, 0.29) is 11.6 Å². The van der Waals surface area contributed by atoms with Gasteiger partial charge in [0.05, 0.1) is 23.4 Å². The monoisotopic (exact) mass is 290 g/mol. The van der Waals surface area contributed by atoms with Gasteiger partial charge in [-0.3, -0.25) is 4.79 Å². The maximum atomic E-state index is 12.9. The summed E-state index contributed by atoms with van der Waals surface area (Å²) in [6.45, 7) is 4.69. The Morgan fingerprint density at radius 3 is 2.81 bits per heavy atom. The van der Waals surface area contributed by atoms with E-state index in [0.717, 1.165) is 17.9 Å². The number of amides is 1. The molecule has 1 aromatic heterocycles. The third-order valence-electron chi connectivity index (χ3n) is 3.44. The average molecular weight is 290 g/mol. The van der Waals surface area contributed by atoms with Gasteiger partial charge in [-0.15, -0.1) is 0 Å². The number of carbonyl (C=O) groups is 1. The lowest BCUT2D eigenvalue weighted by atomic mass is 10.2. The smallest absolute Gasteiger partial charge is 0.224 e. The molecule has 0 bridgehead atoms. The standard InChI is InChI=1S/C15H19FN4O/c1-10-11(2)20(9-18-10)7-3-4-15(21)19-14-6-5-12(16)8-13(14)17/h5-6,8-9H,3-4,7,17H2,1-2H3,(H,19,21). The zero-order chi connectivity index (χ0) is 15.4.